The van der Waals surface area contributed by atoms with Crippen LogP contribution in [-0.2, 0) is 173 Å². The largest absolute Gasteiger partial charge is 0.481 e. The number of benzene rings is 3. The van der Waals surface area contributed by atoms with Crippen LogP contribution in [0.2, 0.25) is 0 Å². The van der Waals surface area contributed by atoms with Gasteiger partial charge < -0.3 is 129 Å². The fourth-order valence-corrected chi connectivity index (χ4v) is 16.2. The predicted molar refractivity (Wildman–Crippen MR) is 509 cm³/mol. The van der Waals surface area contributed by atoms with Crippen molar-refractivity contribution in [3.05, 3.63) is 89.7 Å². The Kier molecular flexibility index (Phi) is 71.6. The first-order chi connectivity index (χ1) is 67.3. The van der Waals surface area contributed by atoms with Gasteiger partial charge in [0.1, 0.15) is 11.4 Å². The number of ether oxygens (including phenoxy) is 24. The summed E-state index contributed by atoms with van der Waals surface area (Å²) in [5, 5.41) is 38.0. The quantitative estimate of drug-likeness (QED) is 0.00583. The summed E-state index contributed by atoms with van der Waals surface area (Å²) in [4.78, 5) is 25.6. The lowest BCUT2D eigenvalue weighted by molar-refractivity contribution is -0.438. The van der Waals surface area contributed by atoms with Gasteiger partial charge in [0.15, 0.2) is 5.71 Å². The molecule has 0 aromatic heterocycles. The van der Waals surface area contributed by atoms with Gasteiger partial charge in [-0.2, -0.15) is 21.4 Å². The Bertz CT molecular complexity index is 4010. The van der Waals surface area contributed by atoms with Gasteiger partial charge in [-0.05, 0) is 100 Å². The van der Waals surface area contributed by atoms with Crippen molar-refractivity contribution in [2.45, 2.75) is 110 Å². The van der Waals surface area contributed by atoms with Crippen LogP contribution in [0.3, 0.4) is 0 Å². The number of aliphatic carboxylic acids is 1. The van der Waals surface area contributed by atoms with Gasteiger partial charge in [0.2, 0.25) is 11.6 Å². The van der Waals surface area contributed by atoms with Gasteiger partial charge in [-0.1, -0.05) is 47.2 Å². The third-order valence-corrected chi connectivity index (χ3v) is 23.7. The van der Waals surface area contributed by atoms with Crippen molar-refractivity contribution < 1.29 is 188 Å². The topological polar surface area (TPSA) is 480 Å². The normalized spacial score (nSPS) is 14.8. The van der Waals surface area contributed by atoms with E-state index < -0.39 is 46.8 Å². The Labute approximate surface area is 821 Å². The van der Waals surface area contributed by atoms with Crippen molar-refractivity contribution in [2.24, 2.45) is 0 Å². The molecule has 0 fully saturated rings. The number of methoxy groups -OCH3 is 1. The number of fused-ring (bicyclic) bond motifs is 4. The van der Waals surface area contributed by atoms with Crippen LogP contribution < -0.4 is 10.2 Å². The SMILES string of the molecule is COCCOCCOCCOCCOCCOCCOCCOCCOCCOCCOCCOCCOCCOCCOCCOCCOCCOCCOCCOCCOCCOCCOCCOCCNC(=O)CCCCC[N+]1=C(C=CC=CC=C2N(CCCSOOO)c3ccc4c(S(=O)(=O)O)cc(S(=O)(=O)O)cc4c3C2(C)CCCCCC(=O)O)C(C)(C)c2cc(SOOO)ccc21. The Hall–Kier alpha value is -5.13. The summed E-state index contributed by atoms with van der Waals surface area (Å²) >= 11 is 1.72. The molecule has 0 saturated heterocycles. The van der Waals surface area contributed by atoms with E-state index >= 15 is 0 Å². The Balaban J connectivity index is 0.773. The standard InChI is InChI=1S/C92H151N3O39S4/c1-91(2)82-75-78(136-134-132-100)19-21-83(82)94(86(91)15-8-5-9-16-87-92(3,23-12-6-11-18-89(97)98)90-81-76-79(137(101,102)103)77-85(138(104,105)106)80(81)20-22-84(90)95(87)26-14-74-135-133-131-99)25-13-7-10-17-88(96)93-24-27-108-30-31-110-34-35-112-38-39-114-42-43-116-46-47-118-50-51-120-54-55-122-58-59-124-62-63-126-66-67-128-70-71-130-73-72-129-69-68-127-65-64-125-61-60-123-57-56-121-53-52-119-49-48-117-45-44-115-41-40-113-37-36-111-33-32-109-29-28-107-4/h5,8-9,15-16,19-22,75-77H,6-7,10-14,17-18,23-74H2,1-4H3,(H5-,93,96,97,98,99,100,101,102,103,104,105,106)/p+1. The maximum atomic E-state index is 12.9. The van der Waals surface area contributed by atoms with E-state index in [1.54, 1.807) is 13.2 Å². The second-order valence-electron chi connectivity index (χ2n) is 31.3. The maximum absolute atomic E-state index is 12.9. The van der Waals surface area contributed by atoms with E-state index in [0.717, 1.165) is 59.6 Å². The fourth-order valence-electron chi connectivity index (χ4n) is 14.1. The van der Waals surface area contributed by atoms with Crippen LogP contribution in [0, 0.1) is 0 Å². The van der Waals surface area contributed by atoms with Crippen LogP contribution in [0.1, 0.15) is 96.1 Å². The maximum Gasteiger partial charge on any atom is 0.303 e. The number of carbonyl (C=O) groups is 2. The highest BCUT2D eigenvalue weighted by molar-refractivity contribution is 7.94. The number of carboxylic acids is 1. The highest BCUT2D eigenvalue weighted by Gasteiger charge is 2.46. The molecule has 1 unspecified atom stereocenters. The molecule has 1 amide bonds. The number of carbonyl (C=O) groups excluding carboxylic acids is 1. The first-order valence-corrected chi connectivity index (χ1v) is 51.5. The first kappa shape index (κ1) is 123. The zero-order chi connectivity index (χ0) is 99.2. The number of amides is 1. The van der Waals surface area contributed by atoms with E-state index in [-0.39, 0.29) is 23.1 Å². The number of hydrogen-bond acceptors (Lipinski definition) is 39. The van der Waals surface area contributed by atoms with Crippen molar-refractivity contribution >= 4 is 84.1 Å². The van der Waals surface area contributed by atoms with Crippen molar-refractivity contribution in [3.8, 4) is 0 Å². The minimum atomic E-state index is -5.03. The molecule has 0 saturated carbocycles. The highest BCUT2D eigenvalue weighted by Crippen LogP contribution is 2.54. The fraction of sp³-hybridized carbons (Fsp3) is 0.728. The molecule has 2 aliphatic rings. The molecular weight excluding hydrogens is 1900 g/mol. The Morgan fingerprint density at radius 2 is 0.819 bits per heavy atom. The second-order valence-corrected chi connectivity index (χ2v) is 35.6. The van der Waals surface area contributed by atoms with Gasteiger partial charge in [0.25, 0.3) is 20.2 Å². The lowest BCUT2D eigenvalue weighted by Crippen LogP contribution is -2.29. The van der Waals surface area contributed by atoms with E-state index in [4.69, 9.17) is 129 Å². The Morgan fingerprint density at radius 1 is 0.428 bits per heavy atom. The number of nitrogens with one attached hydrogen (secondary N) is 1. The molecule has 0 spiro atoms. The van der Waals surface area contributed by atoms with E-state index in [1.807, 2.05) is 60.4 Å². The number of rotatable bonds is 98. The first-order valence-electron chi connectivity index (χ1n) is 47.0. The average molecular weight is 2050 g/mol. The summed E-state index contributed by atoms with van der Waals surface area (Å²) in [5.41, 5.74) is 3.23. The molecule has 0 radical (unpaired) electrons. The van der Waals surface area contributed by atoms with Crippen molar-refractivity contribution in [1.82, 2.24) is 5.32 Å². The molecule has 0 bridgehead atoms. The second kappa shape index (κ2) is 80.1. The molecule has 2 heterocycles. The minimum Gasteiger partial charge on any atom is -0.481 e. The Morgan fingerprint density at radius 3 is 1.20 bits per heavy atom. The van der Waals surface area contributed by atoms with Crippen LogP contribution in [0.25, 0.3) is 10.8 Å². The van der Waals surface area contributed by atoms with Crippen LogP contribution in [0.5, 0.6) is 0 Å². The summed E-state index contributed by atoms with van der Waals surface area (Å²) in [6, 6.07) is 10.9. The van der Waals surface area contributed by atoms with Gasteiger partial charge >= 0.3 is 5.97 Å². The summed E-state index contributed by atoms with van der Waals surface area (Å²) in [6.45, 7) is 29.1. The lowest BCUT2D eigenvalue weighted by atomic mass is 9.75. The molecule has 792 valence electrons. The van der Waals surface area contributed by atoms with Crippen molar-refractivity contribution in [3.63, 3.8) is 0 Å². The van der Waals surface area contributed by atoms with Crippen molar-refractivity contribution in [1.29, 1.82) is 0 Å². The summed E-state index contributed by atoms with van der Waals surface area (Å²) < 4.78 is 216. The minimum absolute atomic E-state index is 0.0218. The van der Waals surface area contributed by atoms with Crippen LogP contribution in [0.15, 0.2) is 93.2 Å². The number of allylic oxidation sites excluding steroid dienone is 6. The van der Waals surface area contributed by atoms with Crippen molar-refractivity contribution in [2.75, 3.05) is 348 Å². The smallest absolute Gasteiger partial charge is 0.303 e. The number of nitrogens with zero attached hydrogens (tertiary/aromatic N) is 2. The summed E-state index contributed by atoms with van der Waals surface area (Å²) in [7, 11) is -8.39. The van der Waals surface area contributed by atoms with Gasteiger partial charge in [-0.3, -0.25) is 18.7 Å². The molecule has 138 heavy (non-hydrogen) atoms. The summed E-state index contributed by atoms with van der Waals surface area (Å²) in [5.74, 6) is -0.670. The van der Waals surface area contributed by atoms with Gasteiger partial charge in [-0.15, -0.1) is 8.67 Å². The van der Waals surface area contributed by atoms with E-state index in [9.17, 15) is 40.6 Å². The molecule has 42 nitrogen and oxygen atoms in total. The molecule has 2 aliphatic heterocycles. The molecule has 46 heteroatoms. The zero-order valence-corrected chi connectivity index (χ0v) is 84.0. The summed E-state index contributed by atoms with van der Waals surface area (Å²) in [6.07, 6.45) is 14.3. The number of anilines is 1. The van der Waals surface area contributed by atoms with Crippen LogP contribution >= 0.6 is 24.1 Å². The molecule has 5 rings (SSSR count). The molecule has 1 atom stereocenters. The van der Waals surface area contributed by atoms with Gasteiger partial charge in [0.05, 0.1) is 333 Å². The van der Waals surface area contributed by atoms with Crippen LogP contribution in [-0.4, -0.2) is 407 Å². The lowest BCUT2D eigenvalue weighted by Gasteiger charge is -2.31. The molecule has 6 N–H and O–H groups in total. The number of unbranched alkanes of at least 4 members (excludes halogenated alkanes) is 4. The number of hydrogen-bond donors (Lipinski definition) is 6. The van der Waals surface area contributed by atoms with E-state index in [2.05, 4.69) is 38.2 Å². The predicted octanol–water partition coefficient (Wildman–Crippen LogP) is 9.11. The van der Waals surface area contributed by atoms with Gasteiger partial charge in [0, 0.05) is 102 Å². The van der Waals surface area contributed by atoms with Gasteiger partial charge in [-0.25, -0.2) is 10.5 Å². The average Bonchev–Trinajstić information content (AvgIpc) is 1.55. The molecule has 3 aromatic rings. The third kappa shape index (κ3) is 55.8. The number of carboxylic acid groups (broad SMARTS) is 1. The highest BCUT2D eigenvalue weighted by atomic mass is 32.2. The molecule has 0 aliphatic carbocycles. The monoisotopic (exact) mass is 2050 g/mol. The zero-order valence-electron chi connectivity index (χ0n) is 80.7. The van der Waals surface area contributed by atoms with E-state index in [0.29, 0.717) is 403 Å². The molecule has 3 aromatic carbocycles. The third-order valence-electron chi connectivity index (χ3n) is 20.8. The van der Waals surface area contributed by atoms with E-state index in [1.165, 1.54) is 12.1 Å². The van der Waals surface area contributed by atoms with Crippen LogP contribution in [0.4, 0.5) is 11.4 Å². The molecular formula is C92H152N3O39S4+.